The highest BCUT2D eigenvalue weighted by Crippen LogP contribution is 2.20. The van der Waals surface area contributed by atoms with E-state index in [2.05, 4.69) is 0 Å². The molecule has 6 nitrogen and oxygen atoms in total. The maximum Gasteiger partial charge on any atom is 0.269 e. The zero-order valence-electron chi connectivity index (χ0n) is 12.1. The molecule has 0 bridgehead atoms. The van der Waals surface area contributed by atoms with Gasteiger partial charge in [0.15, 0.2) is 0 Å². The van der Waals surface area contributed by atoms with Crippen LogP contribution in [0.4, 0.5) is 5.69 Å². The molecule has 0 aliphatic carbocycles. The quantitative estimate of drug-likeness (QED) is 0.587. The smallest absolute Gasteiger partial charge is 0.269 e. The number of aliphatic hydroxyl groups excluding tert-OH is 1. The minimum atomic E-state index is -0.849. The van der Waals surface area contributed by atoms with E-state index in [4.69, 9.17) is 0 Å². The van der Waals surface area contributed by atoms with Gasteiger partial charge < -0.3 is 10.2 Å². The van der Waals surface area contributed by atoms with Crippen LogP contribution in [0.25, 0.3) is 0 Å². The number of rotatable bonds is 7. The summed E-state index contributed by atoms with van der Waals surface area (Å²) in [6.07, 6.45) is -0.822. The molecule has 2 N–H and O–H groups in total. The second kappa shape index (κ2) is 6.78. The molecule has 0 fully saturated rings. The summed E-state index contributed by atoms with van der Waals surface area (Å²) in [7, 11) is 0. The van der Waals surface area contributed by atoms with E-state index in [9.17, 15) is 20.3 Å². The van der Waals surface area contributed by atoms with E-state index in [0.717, 1.165) is 0 Å². The van der Waals surface area contributed by atoms with E-state index in [0.29, 0.717) is 25.2 Å². The van der Waals surface area contributed by atoms with Crippen molar-refractivity contribution >= 4 is 5.69 Å². The van der Waals surface area contributed by atoms with Crippen molar-refractivity contribution in [3.8, 4) is 0 Å². The Morgan fingerprint density at radius 2 is 2.10 bits per heavy atom. The van der Waals surface area contributed by atoms with Gasteiger partial charge >= 0.3 is 0 Å². The molecule has 0 radical (unpaired) electrons. The minimum Gasteiger partial charge on any atom is -0.389 e. The maximum atomic E-state index is 10.7. The first-order chi connectivity index (χ1) is 9.23. The lowest BCUT2D eigenvalue weighted by molar-refractivity contribution is -0.385. The number of nitro benzene ring substituents is 1. The highest BCUT2D eigenvalue weighted by atomic mass is 16.6. The van der Waals surface area contributed by atoms with Crippen molar-refractivity contribution in [2.75, 3.05) is 19.6 Å². The van der Waals surface area contributed by atoms with Gasteiger partial charge in [0.25, 0.3) is 5.69 Å². The second-order valence-electron chi connectivity index (χ2n) is 5.51. The molecule has 20 heavy (non-hydrogen) atoms. The monoisotopic (exact) mass is 282 g/mol. The van der Waals surface area contributed by atoms with E-state index in [1.807, 2.05) is 11.8 Å². The fraction of sp³-hybridized carbons (Fsp3) is 0.571. The average molecular weight is 282 g/mol. The molecular formula is C14H22N2O4. The van der Waals surface area contributed by atoms with Crippen molar-refractivity contribution < 1.29 is 15.1 Å². The molecule has 0 heterocycles. The zero-order valence-corrected chi connectivity index (χ0v) is 12.1. The summed E-state index contributed by atoms with van der Waals surface area (Å²) in [6, 6.07) is 5.99. The lowest BCUT2D eigenvalue weighted by Crippen LogP contribution is -2.40. The first kappa shape index (κ1) is 16.6. The van der Waals surface area contributed by atoms with Gasteiger partial charge in [-0.2, -0.15) is 0 Å². The van der Waals surface area contributed by atoms with Crippen LogP contribution in [0.1, 0.15) is 32.4 Å². The predicted octanol–water partition coefficient (Wildman–Crippen LogP) is 1.72. The number of nitrogens with zero attached hydrogens (tertiary/aromatic N) is 2. The van der Waals surface area contributed by atoms with Crippen LogP contribution in [0, 0.1) is 10.1 Å². The SMILES string of the molecule is CCN(CC(O)c1cccc([N+](=O)[O-])c1)CC(C)(C)O. The topological polar surface area (TPSA) is 86.8 Å². The van der Waals surface area contributed by atoms with E-state index >= 15 is 0 Å². The second-order valence-corrected chi connectivity index (χ2v) is 5.51. The van der Waals surface area contributed by atoms with Crippen LogP contribution < -0.4 is 0 Å². The van der Waals surface area contributed by atoms with Crippen LogP contribution in [-0.4, -0.2) is 45.3 Å². The van der Waals surface area contributed by atoms with Crippen molar-refractivity contribution in [3.05, 3.63) is 39.9 Å². The summed E-state index contributed by atoms with van der Waals surface area (Å²) in [6.45, 7) is 6.77. The Bertz CT molecular complexity index is 457. The van der Waals surface area contributed by atoms with Crippen LogP contribution >= 0.6 is 0 Å². The molecule has 0 spiro atoms. The first-order valence-corrected chi connectivity index (χ1v) is 6.60. The van der Waals surface area contributed by atoms with Crippen LogP contribution in [0.15, 0.2) is 24.3 Å². The third-order valence-corrected chi connectivity index (χ3v) is 2.95. The van der Waals surface area contributed by atoms with Gasteiger partial charge in [0.05, 0.1) is 16.6 Å². The summed E-state index contributed by atoms with van der Waals surface area (Å²) in [5.74, 6) is 0. The predicted molar refractivity (Wildman–Crippen MR) is 76.5 cm³/mol. The Morgan fingerprint density at radius 3 is 2.60 bits per heavy atom. The number of likely N-dealkylation sites (N-methyl/N-ethyl adjacent to an activating group) is 1. The highest BCUT2D eigenvalue weighted by Gasteiger charge is 2.20. The van der Waals surface area contributed by atoms with Gasteiger partial charge in [-0.1, -0.05) is 19.1 Å². The standard InChI is InChI=1S/C14H22N2O4/c1-4-15(10-14(2,3)18)9-13(17)11-6-5-7-12(8-11)16(19)20/h5-8,13,17-18H,4,9-10H2,1-3H3. The van der Waals surface area contributed by atoms with Gasteiger partial charge in [0.1, 0.15) is 0 Å². The Kier molecular flexibility index (Phi) is 5.62. The molecule has 1 aromatic carbocycles. The number of benzene rings is 1. The molecule has 112 valence electrons. The van der Waals surface area contributed by atoms with Gasteiger partial charge in [-0.05, 0) is 26.0 Å². The fourth-order valence-corrected chi connectivity index (χ4v) is 2.05. The summed E-state index contributed by atoms with van der Waals surface area (Å²) >= 11 is 0. The van der Waals surface area contributed by atoms with Crippen LogP contribution in [0.3, 0.4) is 0 Å². The molecule has 0 saturated heterocycles. The Morgan fingerprint density at radius 1 is 1.45 bits per heavy atom. The highest BCUT2D eigenvalue weighted by molar-refractivity contribution is 5.35. The average Bonchev–Trinajstić information content (AvgIpc) is 2.36. The molecule has 0 aliphatic heterocycles. The molecule has 1 unspecified atom stereocenters. The molecule has 1 atom stereocenters. The molecule has 0 aromatic heterocycles. The normalized spacial score (nSPS) is 13.5. The van der Waals surface area contributed by atoms with Gasteiger partial charge in [-0.15, -0.1) is 0 Å². The van der Waals surface area contributed by atoms with Crippen LogP contribution in [0.2, 0.25) is 0 Å². The molecular weight excluding hydrogens is 260 g/mol. The van der Waals surface area contributed by atoms with E-state index < -0.39 is 16.6 Å². The Hall–Kier alpha value is -1.50. The van der Waals surface area contributed by atoms with Crippen molar-refractivity contribution in [2.45, 2.75) is 32.5 Å². The molecule has 0 saturated carbocycles. The molecule has 0 amide bonds. The summed E-state index contributed by atoms with van der Waals surface area (Å²) < 4.78 is 0. The third-order valence-electron chi connectivity index (χ3n) is 2.95. The Balaban J connectivity index is 2.76. The number of hydrogen-bond acceptors (Lipinski definition) is 5. The number of aliphatic hydroxyl groups is 2. The van der Waals surface area contributed by atoms with Gasteiger partial charge in [0, 0.05) is 25.2 Å². The van der Waals surface area contributed by atoms with Crippen molar-refractivity contribution in [3.63, 3.8) is 0 Å². The van der Waals surface area contributed by atoms with Crippen molar-refractivity contribution in [2.24, 2.45) is 0 Å². The maximum absolute atomic E-state index is 10.7. The van der Waals surface area contributed by atoms with Crippen molar-refractivity contribution in [1.29, 1.82) is 0 Å². The molecule has 0 aliphatic rings. The first-order valence-electron chi connectivity index (χ1n) is 6.60. The fourth-order valence-electron chi connectivity index (χ4n) is 2.05. The molecule has 6 heteroatoms. The van der Waals surface area contributed by atoms with Crippen LogP contribution in [0.5, 0.6) is 0 Å². The third kappa shape index (κ3) is 5.24. The molecule has 1 aromatic rings. The zero-order chi connectivity index (χ0) is 15.3. The number of hydrogen-bond donors (Lipinski definition) is 2. The number of nitro groups is 1. The largest absolute Gasteiger partial charge is 0.389 e. The van der Waals surface area contributed by atoms with E-state index in [1.54, 1.807) is 26.0 Å². The number of non-ortho nitro benzene ring substituents is 1. The lowest BCUT2D eigenvalue weighted by atomic mass is 10.1. The van der Waals surface area contributed by atoms with E-state index in [-0.39, 0.29) is 5.69 Å². The van der Waals surface area contributed by atoms with Crippen LogP contribution in [-0.2, 0) is 0 Å². The van der Waals surface area contributed by atoms with Gasteiger partial charge in [0.2, 0.25) is 0 Å². The minimum absolute atomic E-state index is 0.0351. The van der Waals surface area contributed by atoms with E-state index in [1.165, 1.54) is 12.1 Å². The summed E-state index contributed by atoms with van der Waals surface area (Å²) in [5, 5.41) is 30.7. The summed E-state index contributed by atoms with van der Waals surface area (Å²) in [5.41, 5.74) is -0.376. The van der Waals surface area contributed by atoms with Gasteiger partial charge in [-0.3, -0.25) is 15.0 Å². The molecule has 1 rings (SSSR count). The Labute approximate surface area is 118 Å². The van der Waals surface area contributed by atoms with Crippen molar-refractivity contribution in [1.82, 2.24) is 4.90 Å². The summed E-state index contributed by atoms with van der Waals surface area (Å²) in [4.78, 5) is 12.1. The van der Waals surface area contributed by atoms with Gasteiger partial charge in [-0.25, -0.2) is 0 Å². The lowest BCUT2D eigenvalue weighted by Gasteiger charge is -2.29.